The minimum Gasteiger partial charge on any atom is -0.470 e. The van der Waals surface area contributed by atoms with E-state index in [0.29, 0.717) is 23.2 Å². The van der Waals surface area contributed by atoms with Crippen molar-refractivity contribution in [1.82, 2.24) is 30.0 Å². The van der Waals surface area contributed by atoms with Crippen LogP contribution < -0.4 is 9.64 Å². The van der Waals surface area contributed by atoms with Crippen LogP contribution in [-0.2, 0) is 23.4 Å². The monoisotopic (exact) mass is 465 g/mol. The second kappa shape index (κ2) is 8.99. The molecule has 1 aliphatic heterocycles. The molecule has 1 fully saturated rings. The van der Waals surface area contributed by atoms with Crippen LogP contribution in [0.25, 0.3) is 17.0 Å². The van der Waals surface area contributed by atoms with Crippen LogP contribution in [0.1, 0.15) is 37.8 Å². The Morgan fingerprint density at radius 3 is 2.65 bits per heavy atom. The van der Waals surface area contributed by atoms with Crippen molar-refractivity contribution in [2.45, 2.75) is 39.4 Å². The van der Waals surface area contributed by atoms with E-state index in [9.17, 15) is 5.11 Å². The lowest BCUT2D eigenvalue weighted by atomic mass is 9.88. The van der Waals surface area contributed by atoms with Crippen molar-refractivity contribution >= 4 is 11.2 Å². The van der Waals surface area contributed by atoms with E-state index < -0.39 is 0 Å². The number of aromatic nitrogens is 6. The number of aliphatic hydroxyl groups excluding tert-OH is 1. The van der Waals surface area contributed by atoms with Crippen LogP contribution in [-0.4, -0.2) is 61.4 Å². The molecule has 178 valence electrons. The van der Waals surface area contributed by atoms with Gasteiger partial charge in [0.05, 0.1) is 42.5 Å². The summed E-state index contributed by atoms with van der Waals surface area (Å²) in [7, 11) is 0. The van der Waals surface area contributed by atoms with Crippen molar-refractivity contribution in [2.24, 2.45) is 0 Å². The van der Waals surface area contributed by atoms with Crippen LogP contribution in [0.2, 0.25) is 0 Å². The Kier molecular flexibility index (Phi) is 5.88. The van der Waals surface area contributed by atoms with Gasteiger partial charge in [-0.3, -0.25) is 4.98 Å². The molecule has 11 heteroatoms. The maximum Gasteiger partial charge on any atom is 0.238 e. The van der Waals surface area contributed by atoms with E-state index in [-0.39, 0.29) is 18.6 Å². The molecule has 11 nitrogen and oxygen atoms in total. The minimum atomic E-state index is -0.273. The van der Waals surface area contributed by atoms with E-state index in [2.05, 4.69) is 52.1 Å². The maximum absolute atomic E-state index is 9.31. The maximum atomic E-state index is 9.31. The molecule has 4 aromatic heterocycles. The fourth-order valence-corrected chi connectivity index (χ4v) is 3.98. The van der Waals surface area contributed by atoms with E-state index in [4.69, 9.17) is 19.1 Å². The molecule has 0 radical (unpaired) electrons. The Hall–Kier alpha value is -3.57. The number of nitrogens with zero attached hydrogens (tertiary/aromatic N) is 7. The summed E-state index contributed by atoms with van der Waals surface area (Å²) in [5, 5.41) is 26.3. The van der Waals surface area contributed by atoms with Crippen LogP contribution in [0, 0.1) is 0 Å². The summed E-state index contributed by atoms with van der Waals surface area (Å²) in [5.41, 5.74) is 3.69. The van der Waals surface area contributed by atoms with Gasteiger partial charge >= 0.3 is 0 Å². The molecule has 1 saturated heterocycles. The molecule has 0 spiro atoms. The highest BCUT2D eigenvalue weighted by Crippen LogP contribution is 2.36. The van der Waals surface area contributed by atoms with Crippen LogP contribution in [0.4, 0.5) is 5.69 Å². The van der Waals surface area contributed by atoms with Crippen LogP contribution in [0.3, 0.4) is 0 Å². The van der Waals surface area contributed by atoms with E-state index in [1.807, 2.05) is 12.3 Å². The molecule has 0 bridgehead atoms. The van der Waals surface area contributed by atoms with Gasteiger partial charge in [-0.15, -0.1) is 10.2 Å². The molecule has 4 aromatic rings. The summed E-state index contributed by atoms with van der Waals surface area (Å²) in [4.78, 5) is 6.84. The first-order valence-corrected chi connectivity index (χ1v) is 11.2. The van der Waals surface area contributed by atoms with Gasteiger partial charge in [0.25, 0.3) is 0 Å². The molecule has 0 saturated carbocycles. The van der Waals surface area contributed by atoms with Crippen LogP contribution >= 0.6 is 0 Å². The predicted molar refractivity (Wildman–Crippen MR) is 123 cm³/mol. The number of ether oxygens (including phenoxy) is 2. The lowest BCUT2D eigenvalue weighted by Crippen LogP contribution is -2.36. The average Bonchev–Trinajstić information content (AvgIpc) is 3.48. The highest BCUT2D eigenvalue weighted by atomic mass is 16.5. The summed E-state index contributed by atoms with van der Waals surface area (Å²) in [6.45, 7) is 9.48. The zero-order chi connectivity index (χ0) is 23.7. The summed E-state index contributed by atoms with van der Waals surface area (Å²) in [6, 6.07) is 5.64. The van der Waals surface area contributed by atoms with Gasteiger partial charge in [0.2, 0.25) is 11.7 Å². The summed E-state index contributed by atoms with van der Waals surface area (Å²) >= 11 is 0. The van der Waals surface area contributed by atoms with Crippen LogP contribution in [0.5, 0.6) is 5.88 Å². The third-order valence-corrected chi connectivity index (χ3v) is 5.66. The molecular formula is C23H27N7O4. The minimum absolute atomic E-state index is 0.256. The third kappa shape index (κ3) is 4.31. The van der Waals surface area contributed by atoms with Gasteiger partial charge in [-0.1, -0.05) is 25.9 Å². The normalized spacial score (nSPS) is 14.6. The number of aliphatic hydroxyl groups is 1. The van der Waals surface area contributed by atoms with Gasteiger partial charge in [-0.2, -0.15) is 5.10 Å². The van der Waals surface area contributed by atoms with E-state index in [1.165, 1.54) is 0 Å². The van der Waals surface area contributed by atoms with Gasteiger partial charge in [0.15, 0.2) is 11.5 Å². The topological polar surface area (TPSA) is 124 Å². The van der Waals surface area contributed by atoms with Crippen molar-refractivity contribution in [3.63, 3.8) is 0 Å². The molecule has 0 atom stereocenters. The first kappa shape index (κ1) is 22.2. The number of rotatable bonds is 6. The Morgan fingerprint density at radius 1 is 1.15 bits per heavy atom. The molecular weight excluding hydrogens is 438 g/mol. The Balaban J connectivity index is 1.44. The fraction of sp³-hybridized carbons (Fsp3) is 0.435. The predicted octanol–water partition coefficient (Wildman–Crippen LogP) is 2.38. The smallest absolute Gasteiger partial charge is 0.238 e. The van der Waals surface area contributed by atoms with Crippen molar-refractivity contribution in [3.05, 3.63) is 47.6 Å². The molecule has 5 heterocycles. The quantitative estimate of drug-likeness (QED) is 0.454. The standard InChI is InChI=1S/C23H27N7O4/c1-23(2,3)20-19-12-25-26-21(18-10-17(13-31)34-28-18)30(19)27-22(20)33-14-15-4-5-16(11-24-15)29-6-8-32-9-7-29/h4-5,10-12,31H,6-9,13-14H2,1-3H3. The molecule has 5 rings (SSSR count). The van der Waals surface area contributed by atoms with Crippen molar-refractivity contribution in [2.75, 3.05) is 31.2 Å². The third-order valence-electron chi connectivity index (χ3n) is 5.66. The number of fused-ring (bicyclic) bond motifs is 1. The molecule has 1 aliphatic rings. The highest BCUT2D eigenvalue weighted by Gasteiger charge is 2.28. The van der Waals surface area contributed by atoms with Crippen molar-refractivity contribution in [3.8, 4) is 17.4 Å². The second-order valence-electron chi connectivity index (χ2n) is 9.13. The Morgan fingerprint density at radius 2 is 1.97 bits per heavy atom. The molecule has 34 heavy (non-hydrogen) atoms. The number of pyridine rings is 1. The fourth-order valence-electron chi connectivity index (χ4n) is 3.98. The molecule has 1 N–H and O–H groups in total. The Labute approximate surface area is 196 Å². The summed E-state index contributed by atoms with van der Waals surface area (Å²) in [5.74, 6) is 1.21. The van der Waals surface area contributed by atoms with Crippen LogP contribution in [0.15, 0.2) is 35.1 Å². The van der Waals surface area contributed by atoms with E-state index in [1.54, 1.807) is 16.8 Å². The van der Waals surface area contributed by atoms with Crippen molar-refractivity contribution < 1.29 is 19.1 Å². The number of hydrogen-bond donors (Lipinski definition) is 1. The van der Waals surface area contributed by atoms with Gasteiger partial charge < -0.3 is 24.0 Å². The number of anilines is 1. The van der Waals surface area contributed by atoms with Gasteiger partial charge in [0, 0.05) is 24.7 Å². The average molecular weight is 466 g/mol. The van der Waals surface area contributed by atoms with E-state index in [0.717, 1.165) is 48.8 Å². The highest BCUT2D eigenvalue weighted by molar-refractivity contribution is 5.65. The van der Waals surface area contributed by atoms with Gasteiger partial charge in [-0.25, -0.2) is 4.52 Å². The number of hydrogen-bond acceptors (Lipinski definition) is 10. The zero-order valence-corrected chi connectivity index (χ0v) is 19.4. The summed E-state index contributed by atoms with van der Waals surface area (Å²) < 4.78 is 18.4. The van der Waals surface area contributed by atoms with Crippen molar-refractivity contribution in [1.29, 1.82) is 0 Å². The largest absolute Gasteiger partial charge is 0.470 e. The van der Waals surface area contributed by atoms with Gasteiger partial charge in [-0.05, 0) is 17.5 Å². The SMILES string of the molecule is CC(C)(C)c1c(OCc2ccc(N3CCOCC3)cn2)nn2c(-c3cc(CO)on3)nncc12. The lowest BCUT2D eigenvalue weighted by Gasteiger charge is -2.28. The lowest BCUT2D eigenvalue weighted by molar-refractivity contribution is 0.122. The zero-order valence-electron chi connectivity index (χ0n) is 19.4. The Bertz CT molecular complexity index is 1270. The first-order valence-electron chi connectivity index (χ1n) is 11.2. The molecule has 0 unspecified atom stereocenters. The van der Waals surface area contributed by atoms with E-state index >= 15 is 0 Å². The molecule has 0 amide bonds. The second-order valence-corrected chi connectivity index (χ2v) is 9.13. The molecule has 0 aromatic carbocycles. The summed E-state index contributed by atoms with van der Waals surface area (Å²) in [6.07, 6.45) is 3.53. The number of morpholine rings is 1. The first-order chi connectivity index (χ1) is 16.4. The molecule has 0 aliphatic carbocycles. The van der Waals surface area contributed by atoms with Gasteiger partial charge in [0.1, 0.15) is 13.2 Å².